The number of rotatable bonds is 6. The molecule has 0 atom stereocenters. The van der Waals surface area contributed by atoms with Crippen LogP contribution in [0.3, 0.4) is 0 Å². The molecule has 3 heterocycles. The first-order valence-corrected chi connectivity index (χ1v) is 13.3. The molecule has 3 aromatic heterocycles. The van der Waals surface area contributed by atoms with E-state index < -0.39 is 11.9 Å². The third-order valence-corrected chi connectivity index (χ3v) is 8.32. The van der Waals surface area contributed by atoms with Crippen molar-refractivity contribution in [2.24, 2.45) is 0 Å². The summed E-state index contributed by atoms with van der Waals surface area (Å²) in [6.07, 6.45) is 0. The Kier molecular flexibility index (Phi) is 7.35. The minimum atomic E-state index is -0.572. The molecule has 0 radical (unpaired) electrons. The number of benzene rings is 1. The molecule has 5 N–H and O–H groups in total. The molecule has 0 aliphatic carbocycles. The number of esters is 1. The van der Waals surface area contributed by atoms with Gasteiger partial charge >= 0.3 is 5.97 Å². The molecule has 1 aromatic carbocycles. The maximum atomic E-state index is 13.4. The number of carbonyl (C=O) groups is 2. The monoisotopic (exact) mass is 544 g/mol. The van der Waals surface area contributed by atoms with Gasteiger partial charge in [0.15, 0.2) is 0 Å². The lowest BCUT2D eigenvalue weighted by Crippen LogP contribution is -2.12. The molecule has 11 heteroatoms. The van der Waals surface area contributed by atoms with Crippen LogP contribution < -0.4 is 16.8 Å². The number of pyridine rings is 1. The molecule has 0 saturated carbocycles. The van der Waals surface area contributed by atoms with E-state index in [0.29, 0.717) is 27.3 Å². The highest BCUT2D eigenvalue weighted by Crippen LogP contribution is 2.43. The van der Waals surface area contributed by atoms with Gasteiger partial charge in [-0.1, -0.05) is 38.1 Å². The quantitative estimate of drug-likeness (QED) is 0.256. The van der Waals surface area contributed by atoms with Crippen molar-refractivity contribution < 1.29 is 14.3 Å². The lowest BCUT2D eigenvalue weighted by Gasteiger charge is -2.11. The summed E-state index contributed by atoms with van der Waals surface area (Å²) in [7, 11) is 0. The number of nitrogens with two attached hydrogens (primary N) is 2. The van der Waals surface area contributed by atoms with E-state index >= 15 is 0 Å². The van der Waals surface area contributed by atoms with Gasteiger partial charge < -0.3 is 21.5 Å². The van der Waals surface area contributed by atoms with Crippen molar-refractivity contribution in [1.29, 1.82) is 10.5 Å². The van der Waals surface area contributed by atoms with Gasteiger partial charge in [-0.25, -0.2) is 9.78 Å². The van der Waals surface area contributed by atoms with Crippen LogP contribution in [0.25, 0.3) is 21.3 Å². The highest BCUT2D eigenvalue weighted by atomic mass is 32.1. The number of hydrogen-bond acceptors (Lipinski definition) is 10. The number of aromatic nitrogens is 1. The van der Waals surface area contributed by atoms with Crippen molar-refractivity contribution in [3.8, 4) is 23.3 Å². The average Bonchev–Trinajstić information content (AvgIpc) is 3.38. The summed E-state index contributed by atoms with van der Waals surface area (Å²) >= 11 is 2.00. The highest BCUT2D eigenvalue weighted by molar-refractivity contribution is 7.22. The Bertz CT molecular complexity index is 1670. The van der Waals surface area contributed by atoms with Gasteiger partial charge in [-0.2, -0.15) is 10.5 Å². The van der Waals surface area contributed by atoms with Crippen LogP contribution in [-0.4, -0.2) is 23.5 Å². The van der Waals surface area contributed by atoms with Gasteiger partial charge in [0, 0.05) is 10.9 Å². The molecule has 1 amide bonds. The first-order chi connectivity index (χ1) is 18.1. The van der Waals surface area contributed by atoms with Crippen LogP contribution >= 0.6 is 22.7 Å². The maximum Gasteiger partial charge on any atom is 0.348 e. The molecule has 38 heavy (non-hydrogen) atoms. The van der Waals surface area contributed by atoms with Gasteiger partial charge in [0.05, 0.1) is 17.9 Å². The fourth-order valence-electron chi connectivity index (χ4n) is 4.06. The number of nitrogen functional groups attached to an aromatic ring is 2. The maximum absolute atomic E-state index is 13.4. The number of ether oxygens (including phenoxy) is 1. The summed E-state index contributed by atoms with van der Waals surface area (Å²) in [5.41, 5.74) is 15.9. The molecule has 0 fully saturated rings. The second kappa shape index (κ2) is 10.5. The van der Waals surface area contributed by atoms with E-state index in [-0.39, 0.29) is 44.0 Å². The lowest BCUT2D eigenvalue weighted by molar-refractivity contribution is 0.0531. The molecule has 4 rings (SSSR count). The number of carbonyl (C=O) groups excluding carboxylic acids is 2. The van der Waals surface area contributed by atoms with Crippen LogP contribution in [0.4, 0.5) is 16.5 Å². The smallest absolute Gasteiger partial charge is 0.348 e. The zero-order valence-electron chi connectivity index (χ0n) is 21.1. The van der Waals surface area contributed by atoms with Crippen molar-refractivity contribution in [3.63, 3.8) is 0 Å². The van der Waals surface area contributed by atoms with Gasteiger partial charge in [0.1, 0.15) is 43.1 Å². The summed E-state index contributed by atoms with van der Waals surface area (Å²) < 4.78 is 5.06. The van der Waals surface area contributed by atoms with Crippen LogP contribution in [-0.2, 0) is 4.74 Å². The Morgan fingerprint density at radius 1 is 1.08 bits per heavy atom. The third-order valence-electron chi connectivity index (χ3n) is 6.04. The van der Waals surface area contributed by atoms with Gasteiger partial charge in [0.2, 0.25) is 0 Å². The second-order valence-corrected chi connectivity index (χ2v) is 10.7. The van der Waals surface area contributed by atoms with E-state index in [1.54, 1.807) is 13.8 Å². The van der Waals surface area contributed by atoms with Crippen molar-refractivity contribution in [3.05, 3.63) is 56.3 Å². The lowest BCUT2D eigenvalue weighted by atomic mass is 9.94. The van der Waals surface area contributed by atoms with Crippen LogP contribution in [0.15, 0.2) is 24.3 Å². The Hall–Kier alpha value is -4.45. The van der Waals surface area contributed by atoms with Gasteiger partial charge in [-0.05, 0) is 36.5 Å². The zero-order chi connectivity index (χ0) is 27.7. The molecule has 0 saturated heterocycles. The molecule has 0 spiro atoms. The van der Waals surface area contributed by atoms with Gasteiger partial charge in [0.25, 0.3) is 5.91 Å². The summed E-state index contributed by atoms with van der Waals surface area (Å²) in [5, 5.41) is 22.9. The van der Waals surface area contributed by atoms with Crippen LogP contribution in [0.5, 0.6) is 0 Å². The SMILES string of the molecule is CCOC(=O)c1sc(NC(=O)c2sc3nc(N)c(C#N)c(-c4ccc(C(C)C)cc4)c3c2N)c(C#N)c1C. The van der Waals surface area contributed by atoms with E-state index in [0.717, 1.165) is 33.8 Å². The number of thiophene rings is 2. The Morgan fingerprint density at radius 3 is 2.32 bits per heavy atom. The Morgan fingerprint density at radius 2 is 1.74 bits per heavy atom. The van der Waals surface area contributed by atoms with Crippen LogP contribution in [0.2, 0.25) is 0 Å². The third kappa shape index (κ3) is 4.54. The van der Waals surface area contributed by atoms with E-state index in [1.807, 2.05) is 30.3 Å². The van der Waals surface area contributed by atoms with E-state index in [2.05, 4.69) is 30.2 Å². The number of nitriles is 2. The molecule has 0 unspecified atom stereocenters. The predicted octanol–water partition coefficient (Wildman–Crippen LogP) is 5.79. The molecule has 0 aliphatic rings. The number of fused-ring (bicyclic) bond motifs is 1. The summed E-state index contributed by atoms with van der Waals surface area (Å²) in [4.78, 5) is 30.8. The highest BCUT2D eigenvalue weighted by Gasteiger charge is 2.27. The number of amides is 1. The number of nitrogens with one attached hydrogen (secondary N) is 1. The molecule has 4 aromatic rings. The fraction of sp³-hybridized carbons (Fsp3) is 0.222. The van der Waals surface area contributed by atoms with Crippen molar-refractivity contribution in [2.75, 3.05) is 23.4 Å². The average molecular weight is 545 g/mol. The number of hydrogen-bond donors (Lipinski definition) is 3. The normalized spacial score (nSPS) is 10.8. The van der Waals surface area contributed by atoms with E-state index in [9.17, 15) is 20.1 Å². The molecular weight excluding hydrogens is 520 g/mol. The first-order valence-electron chi connectivity index (χ1n) is 11.7. The van der Waals surface area contributed by atoms with Crippen LogP contribution in [0.1, 0.15) is 68.3 Å². The van der Waals surface area contributed by atoms with Gasteiger partial charge in [-0.3, -0.25) is 4.79 Å². The van der Waals surface area contributed by atoms with E-state index in [1.165, 1.54) is 0 Å². The Labute approximate surface area is 227 Å². The van der Waals surface area contributed by atoms with Gasteiger partial charge in [-0.15, -0.1) is 22.7 Å². The first kappa shape index (κ1) is 26.6. The summed E-state index contributed by atoms with van der Waals surface area (Å²) in [6.45, 7) is 7.66. The number of nitrogens with zero attached hydrogens (tertiary/aromatic N) is 3. The fourth-order valence-corrected chi connectivity index (χ4v) is 6.12. The van der Waals surface area contributed by atoms with Crippen LogP contribution in [0, 0.1) is 29.6 Å². The number of anilines is 3. The predicted molar refractivity (Wildman–Crippen MR) is 150 cm³/mol. The molecule has 0 bridgehead atoms. The second-order valence-electron chi connectivity index (χ2n) is 8.71. The van der Waals surface area contributed by atoms with Crippen molar-refractivity contribution in [2.45, 2.75) is 33.6 Å². The minimum absolute atomic E-state index is 0.0378. The molecule has 192 valence electrons. The summed E-state index contributed by atoms with van der Waals surface area (Å²) in [6, 6.07) is 11.9. The topological polar surface area (TPSA) is 168 Å². The van der Waals surface area contributed by atoms with Crippen molar-refractivity contribution in [1.82, 2.24) is 4.98 Å². The minimum Gasteiger partial charge on any atom is -0.462 e. The largest absolute Gasteiger partial charge is 0.462 e. The zero-order valence-corrected chi connectivity index (χ0v) is 22.8. The Balaban J connectivity index is 1.83. The molecular formula is C27H24N6O3S2. The standard InChI is InChI=1S/C27H24N6O3S2/c1-5-36-27(35)21-13(4)16(10-28)25(37-21)33-24(34)22-20(30)19-18(15-8-6-14(7-9-15)12(2)3)17(11-29)23(31)32-26(19)38-22/h6-9,12H,5,30H2,1-4H3,(H2,31,32)(H,33,34). The molecule has 9 nitrogen and oxygen atoms in total. The van der Waals surface area contributed by atoms with Crippen molar-refractivity contribution >= 4 is 61.3 Å². The van der Waals surface area contributed by atoms with E-state index in [4.69, 9.17) is 16.2 Å². The molecule has 0 aliphatic heterocycles. The summed E-state index contributed by atoms with van der Waals surface area (Å²) in [5.74, 6) is -0.773.